The van der Waals surface area contributed by atoms with Gasteiger partial charge in [0.1, 0.15) is 6.10 Å². The highest BCUT2D eigenvalue weighted by Gasteiger charge is 2.13. The van der Waals surface area contributed by atoms with Gasteiger partial charge in [0.25, 0.3) is 0 Å². The molecule has 1 aromatic rings. The fourth-order valence-electron chi connectivity index (χ4n) is 1.59. The number of amides is 1. The summed E-state index contributed by atoms with van der Waals surface area (Å²) in [7, 11) is 0. The second-order valence-corrected chi connectivity index (χ2v) is 4.63. The SMILES string of the molecule is CC(C)NC(=O)C(C)OCCc1ccccc1N. The summed E-state index contributed by atoms with van der Waals surface area (Å²) in [6, 6.07) is 7.81. The Labute approximate surface area is 109 Å². The van der Waals surface area contributed by atoms with E-state index < -0.39 is 6.10 Å². The van der Waals surface area contributed by atoms with Crippen LogP contribution in [0.1, 0.15) is 26.3 Å². The van der Waals surface area contributed by atoms with Gasteiger partial charge in [-0.3, -0.25) is 4.79 Å². The van der Waals surface area contributed by atoms with E-state index in [9.17, 15) is 4.79 Å². The van der Waals surface area contributed by atoms with Crippen molar-refractivity contribution in [2.75, 3.05) is 12.3 Å². The molecular weight excluding hydrogens is 228 g/mol. The van der Waals surface area contributed by atoms with Crippen molar-refractivity contribution in [2.45, 2.75) is 39.3 Å². The van der Waals surface area contributed by atoms with Crippen LogP contribution in [0.5, 0.6) is 0 Å². The third kappa shape index (κ3) is 4.75. The smallest absolute Gasteiger partial charge is 0.249 e. The fraction of sp³-hybridized carbons (Fsp3) is 0.500. The first-order valence-corrected chi connectivity index (χ1v) is 6.26. The Morgan fingerprint density at radius 2 is 2.00 bits per heavy atom. The lowest BCUT2D eigenvalue weighted by molar-refractivity contribution is -0.132. The minimum Gasteiger partial charge on any atom is -0.399 e. The average molecular weight is 250 g/mol. The third-order valence-electron chi connectivity index (χ3n) is 2.59. The van der Waals surface area contributed by atoms with Crippen LogP contribution in [0, 0.1) is 0 Å². The molecule has 1 aromatic carbocycles. The molecule has 0 aliphatic heterocycles. The molecule has 0 aliphatic carbocycles. The van der Waals surface area contributed by atoms with Gasteiger partial charge < -0.3 is 15.8 Å². The first-order chi connectivity index (χ1) is 8.50. The number of hydrogen-bond donors (Lipinski definition) is 2. The van der Waals surface area contributed by atoms with Crippen LogP contribution in [-0.2, 0) is 16.0 Å². The average Bonchev–Trinajstić information content (AvgIpc) is 2.30. The predicted molar refractivity (Wildman–Crippen MR) is 73.3 cm³/mol. The van der Waals surface area contributed by atoms with Crippen LogP contribution >= 0.6 is 0 Å². The van der Waals surface area contributed by atoms with Crippen LogP contribution in [0.25, 0.3) is 0 Å². The molecule has 0 saturated carbocycles. The maximum Gasteiger partial charge on any atom is 0.249 e. The minimum absolute atomic E-state index is 0.0777. The van der Waals surface area contributed by atoms with E-state index in [-0.39, 0.29) is 11.9 Å². The Hall–Kier alpha value is -1.55. The molecule has 4 nitrogen and oxygen atoms in total. The van der Waals surface area contributed by atoms with Gasteiger partial charge in [-0.05, 0) is 38.8 Å². The zero-order chi connectivity index (χ0) is 13.5. The van der Waals surface area contributed by atoms with Gasteiger partial charge in [0, 0.05) is 11.7 Å². The van der Waals surface area contributed by atoms with E-state index in [1.165, 1.54) is 0 Å². The van der Waals surface area contributed by atoms with Crippen molar-refractivity contribution in [3.63, 3.8) is 0 Å². The second-order valence-electron chi connectivity index (χ2n) is 4.63. The van der Waals surface area contributed by atoms with Crippen LogP contribution < -0.4 is 11.1 Å². The first-order valence-electron chi connectivity index (χ1n) is 6.26. The van der Waals surface area contributed by atoms with Crippen LogP contribution in [0.3, 0.4) is 0 Å². The molecule has 0 aromatic heterocycles. The van der Waals surface area contributed by atoms with Crippen molar-refractivity contribution >= 4 is 11.6 Å². The van der Waals surface area contributed by atoms with Crippen LogP contribution in [0.2, 0.25) is 0 Å². The van der Waals surface area contributed by atoms with Crippen molar-refractivity contribution in [3.8, 4) is 0 Å². The summed E-state index contributed by atoms with van der Waals surface area (Å²) >= 11 is 0. The maximum absolute atomic E-state index is 11.6. The number of nitrogen functional groups attached to an aromatic ring is 1. The van der Waals surface area contributed by atoms with Gasteiger partial charge in [0.15, 0.2) is 0 Å². The standard InChI is InChI=1S/C14H22N2O2/c1-10(2)16-14(17)11(3)18-9-8-12-6-4-5-7-13(12)15/h4-7,10-11H,8-9,15H2,1-3H3,(H,16,17). The molecule has 0 spiro atoms. The highest BCUT2D eigenvalue weighted by Crippen LogP contribution is 2.11. The molecule has 0 aliphatic rings. The van der Waals surface area contributed by atoms with E-state index >= 15 is 0 Å². The number of benzene rings is 1. The molecule has 1 unspecified atom stereocenters. The molecule has 0 bridgehead atoms. The van der Waals surface area contributed by atoms with Crippen molar-refractivity contribution in [3.05, 3.63) is 29.8 Å². The lowest BCUT2D eigenvalue weighted by Gasteiger charge is -2.15. The molecule has 1 rings (SSSR count). The molecule has 100 valence electrons. The van der Waals surface area contributed by atoms with Crippen LogP contribution in [-0.4, -0.2) is 24.7 Å². The van der Waals surface area contributed by atoms with Gasteiger partial charge in [-0.15, -0.1) is 0 Å². The summed E-state index contributed by atoms with van der Waals surface area (Å²) in [5.74, 6) is -0.0777. The second kappa shape index (κ2) is 7.01. The van der Waals surface area contributed by atoms with E-state index in [1.807, 2.05) is 38.1 Å². The van der Waals surface area contributed by atoms with Gasteiger partial charge in [0.2, 0.25) is 5.91 Å². The van der Waals surface area contributed by atoms with Crippen molar-refractivity contribution in [2.24, 2.45) is 0 Å². The number of rotatable bonds is 6. The number of ether oxygens (including phenoxy) is 1. The molecule has 3 N–H and O–H groups in total. The van der Waals surface area contributed by atoms with Gasteiger partial charge in [-0.1, -0.05) is 18.2 Å². The van der Waals surface area contributed by atoms with E-state index in [4.69, 9.17) is 10.5 Å². The molecule has 1 amide bonds. The van der Waals surface area contributed by atoms with Gasteiger partial charge in [-0.25, -0.2) is 0 Å². The molecule has 4 heteroatoms. The van der Waals surface area contributed by atoms with E-state index in [2.05, 4.69) is 5.32 Å². The summed E-state index contributed by atoms with van der Waals surface area (Å²) in [6.07, 6.45) is 0.281. The Morgan fingerprint density at radius 1 is 1.33 bits per heavy atom. The van der Waals surface area contributed by atoms with Crippen molar-refractivity contribution < 1.29 is 9.53 Å². The third-order valence-corrected chi connectivity index (χ3v) is 2.59. The quantitative estimate of drug-likeness (QED) is 0.756. The molecule has 18 heavy (non-hydrogen) atoms. The molecule has 0 heterocycles. The number of nitrogens with two attached hydrogens (primary N) is 1. The topological polar surface area (TPSA) is 64.3 Å². The number of anilines is 1. The van der Waals surface area contributed by atoms with Gasteiger partial charge in [-0.2, -0.15) is 0 Å². The van der Waals surface area contributed by atoms with Crippen LogP contribution in [0.15, 0.2) is 24.3 Å². The largest absolute Gasteiger partial charge is 0.399 e. The predicted octanol–water partition coefficient (Wildman–Crippen LogP) is 1.74. The molecule has 1 atom stereocenters. The minimum atomic E-state index is -0.433. The number of para-hydroxylation sites is 1. The zero-order valence-electron chi connectivity index (χ0n) is 11.3. The Balaban J connectivity index is 2.34. The molecule has 0 saturated heterocycles. The molecule has 0 fully saturated rings. The lowest BCUT2D eigenvalue weighted by atomic mass is 10.1. The zero-order valence-corrected chi connectivity index (χ0v) is 11.3. The first kappa shape index (κ1) is 14.5. The number of hydrogen-bond acceptors (Lipinski definition) is 3. The summed E-state index contributed by atoms with van der Waals surface area (Å²) in [5, 5.41) is 2.81. The summed E-state index contributed by atoms with van der Waals surface area (Å²) in [6.45, 7) is 6.09. The highest BCUT2D eigenvalue weighted by atomic mass is 16.5. The highest BCUT2D eigenvalue weighted by molar-refractivity contribution is 5.80. The fourth-order valence-corrected chi connectivity index (χ4v) is 1.59. The summed E-state index contributed by atoms with van der Waals surface area (Å²) < 4.78 is 5.50. The number of carbonyl (C=O) groups is 1. The Morgan fingerprint density at radius 3 is 2.61 bits per heavy atom. The van der Waals surface area contributed by atoms with Gasteiger partial charge in [0.05, 0.1) is 6.61 Å². The monoisotopic (exact) mass is 250 g/mol. The number of nitrogens with one attached hydrogen (secondary N) is 1. The number of carbonyl (C=O) groups excluding carboxylic acids is 1. The Bertz CT molecular complexity index is 391. The molecule has 0 radical (unpaired) electrons. The van der Waals surface area contributed by atoms with E-state index in [1.54, 1.807) is 6.92 Å². The lowest BCUT2D eigenvalue weighted by Crippen LogP contribution is -2.38. The van der Waals surface area contributed by atoms with Crippen LogP contribution in [0.4, 0.5) is 5.69 Å². The molecular formula is C14H22N2O2. The van der Waals surface area contributed by atoms with Crippen molar-refractivity contribution in [1.29, 1.82) is 0 Å². The normalized spacial score (nSPS) is 12.4. The van der Waals surface area contributed by atoms with Gasteiger partial charge >= 0.3 is 0 Å². The summed E-state index contributed by atoms with van der Waals surface area (Å²) in [4.78, 5) is 11.6. The van der Waals surface area contributed by atoms with Crippen molar-refractivity contribution in [1.82, 2.24) is 5.32 Å². The summed E-state index contributed by atoms with van der Waals surface area (Å²) in [5.41, 5.74) is 7.64. The maximum atomic E-state index is 11.6. The van der Waals surface area contributed by atoms with E-state index in [0.717, 1.165) is 11.3 Å². The Kier molecular flexibility index (Phi) is 5.65. The van der Waals surface area contributed by atoms with E-state index in [0.29, 0.717) is 13.0 Å².